The monoisotopic (exact) mass is 520 g/mol. The van der Waals surface area contributed by atoms with E-state index < -0.39 is 15.0 Å². The van der Waals surface area contributed by atoms with Crippen molar-refractivity contribution < 1.29 is 18.1 Å². The van der Waals surface area contributed by atoms with Gasteiger partial charge in [0.25, 0.3) is 0 Å². The molecular weight excluding hydrogens is 502 g/mol. The highest BCUT2D eigenvalue weighted by Crippen LogP contribution is 2.50. The summed E-state index contributed by atoms with van der Waals surface area (Å²) in [5.74, 6) is 2.23. The number of fused-ring (bicyclic) bond motifs is 10. The molecule has 2 aromatic heterocycles. The molecular formula is C26H18BN6O4P. The van der Waals surface area contributed by atoms with Crippen molar-refractivity contribution in [1.29, 1.82) is 0 Å². The first-order valence-electron chi connectivity index (χ1n) is 12.0. The molecule has 10 nitrogen and oxygen atoms in total. The predicted molar refractivity (Wildman–Crippen MR) is 144 cm³/mol. The van der Waals surface area contributed by atoms with Crippen LogP contribution in [0, 0.1) is 0 Å². The molecule has 3 aromatic carbocycles. The van der Waals surface area contributed by atoms with E-state index in [0.29, 0.717) is 34.3 Å². The molecule has 8 rings (SSSR count). The molecule has 12 heteroatoms. The third-order valence-corrected chi connectivity index (χ3v) is 8.44. The molecule has 0 amide bonds. The molecule has 38 heavy (non-hydrogen) atoms. The van der Waals surface area contributed by atoms with E-state index in [-0.39, 0.29) is 0 Å². The molecule has 0 N–H and O–H groups in total. The maximum absolute atomic E-state index is 13.5. The lowest BCUT2D eigenvalue weighted by Gasteiger charge is -2.25. The zero-order valence-corrected chi connectivity index (χ0v) is 21.2. The Labute approximate surface area is 216 Å². The molecule has 3 aliphatic heterocycles. The van der Waals surface area contributed by atoms with Crippen LogP contribution < -0.4 is 11.0 Å². The largest absolute Gasteiger partial charge is 0.571 e. The third kappa shape index (κ3) is 2.81. The number of rotatable bonds is 4. The van der Waals surface area contributed by atoms with Gasteiger partial charge in [0.05, 0.1) is 0 Å². The fraction of sp³-hybridized carbons (Fsp3) is 0.0769. The van der Waals surface area contributed by atoms with Gasteiger partial charge in [-0.15, -0.1) is 0 Å². The van der Waals surface area contributed by atoms with Crippen molar-refractivity contribution in [1.82, 2.24) is 8.96 Å². The number of phosphoric acid groups is 1. The summed E-state index contributed by atoms with van der Waals surface area (Å²) < 4.78 is 33.8. The van der Waals surface area contributed by atoms with E-state index in [2.05, 4.69) is 0 Å². The van der Waals surface area contributed by atoms with Crippen molar-refractivity contribution in [2.45, 2.75) is 0 Å². The van der Waals surface area contributed by atoms with Gasteiger partial charge in [-0.25, -0.2) is 24.5 Å². The van der Waals surface area contributed by atoms with Crippen LogP contribution in [0.3, 0.4) is 0 Å². The van der Waals surface area contributed by atoms with Crippen molar-refractivity contribution in [3.63, 3.8) is 0 Å². The number of aromatic nitrogens is 2. The van der Waals surface area contributed by atoms with Gasteiger partial charge in [-0.3, -0.25) is 9.05 Å². The number of phosphoric ester groups is 1. The lowest BCUT2D eigenvalue weighted by Crippen LogP contribution is -2.49. The van der Waals surface area contributed by atoms with Gasteiger partial charge >= 0.3 is 15.0 Å². The molecule has 5 heterocycles. The van der Waals surface area contributed by atoms with Crippen molar-refractivity contribution in [2.75, 3.05) is 14.2 Å². The predicted octanol–water partition coefficient (Wildman–Crippen LogP) is 4.13. The second kappa shape index (κ2) is 7.69. The Morgan fingerprint density at radius 1 is 0.632 bits per heavy atom. The SMILES string of the molecule is COP(=O)(OC)OB1n2c3c4ccccc4c2N=c2c4ccccc4c(n21)=NC1=NC(=N3)c2ccccc21. The van der Waals surface area contributed by atoms with E-state index in [1.54, 1.807) is 0 Å². The molecule has 184 valence electrons. The summed E-state index contributed by atoms with van der Waals surface area (Å²) in [4.78, 5) is 20.1. The minimum absolute atomic E-state index is 0.529. The van der Waals surface area contributed by atoms with Crippen LogP contribution in [-0.2, 0) is 18.1 Å². The molecule has 0 aliphatic carbocycles. The van der Waals surface area contributed by atoms with E-state index in [4.69, 9.17) is 33.5 Å². The van der Waals surface area contributed by atoms with E-state index in [9.17, 15) is 4.57 Å². The van der Waals surface area contributed by atoms with E-state index in [0.717, 1.165) is 32.7 Å². The maximum atomic E-state index is 13.5. The second-order valence-corrected chi connectivity index (χ2v) is 10.8. The fourth-order valence-corrected chi connectivity index (χ4v) is 6.13. The quantitative estimate of drug-likeness (QED) is 0.263. The van der Waals surface area contributed by atoms with Gasteiger partial charge < -0.3 is 13.4 Å². The van der Waals surface area contributed by atoms with E-state index in [1.165, 1.54) is 14.2 Å². The van der Waals surface area contributed by atoms with Crippen molar-refractivity contribution >= 4 is 59.9 Å². The Morgan fingerprint density at radius 2 is 1.13 bits per heavy atom. The van der Waals surface area contributed by atoms with Crippen LogP contribution in [0.1, 0.15) is 11.1 Å². The summed E-state index contributed by atoms with van der Waals surface area (Å²) in [5, 5.41) is 3.45. The van der Waals surface area contributed by atoms with Crippen LogP contribution in [0.4, 0.5) is 11.6 Å². The molecule has 3 aliphatic rings. The number of nitrogens with zero attached hydrogens (tertiary/aromatic N) is 6. The maximum Gasteiger partial charge on any atom is 0.571 e. The van der Waals surface area contributed by atoms with Gasteiger partial charge in [-0.05, 0) is 0 Å². The van der Waals surface area contributed by atoms with Crippen LogP contribution in [-0.4, -0.2) is 42.0 Å². The average molecular weight is 520 g/mol. The van der Waals surface area contributed by atoms with Gasteiger partial charge in [0.15, 0.2) is 11.7 Å². The minimum atomic E-state index is -3.98. The minimum Gasteiger partial charge on any atom is -0.307 e. The Hall–Kier alpha value is -4.15. The highest BCUT2D eigenvalue weighted by Gasteiger charge is 2.43. The van der Waals surface area contributed by atoms with Gasteiger partial charge in [-0.2, -0.15) is 0 Å². The highest BCUT2D eigenvalue weighted by molar-refractivity contribution is 7.49. The van der Waals surface area contributed by atoms with Crippen LogP contribution in [0.2, 0.25) is 0 Å². The second-order valence-electron chi connectivity index (χ2n) is 9.01. The van der Waals surface area contributed by atoms with Gasteiger partial charge in [0.1, 0.15) is 22.6 Å². The number of aliphatic imine (C=N–C) groups is 2. The third-order valence-electron chi connectivity index (χ3n) is 7.10. The molecule has 0 radical (unpaired) electrons. The summed E-state index contributed by atoms with van der Waals surface area (Å²) in [6.45, 7) is 0. The Morgan fingerprint density at radius 3 is 1.74 bits per heavy atom. The van der Waals surface area contributed by atoms with Crippen LogP contribution in [0.25, 0.3) is 21.5 Å². The van der Waals surface area contributed by atoms with Crippen molar-refractivity contribution in [3.05, 3.63) is 94.9 Å². The molecule has 4 bridgehead atoms. The van der Waals surface area contributed by atoms with Crippen molar-refractivity contribution in [3.8, 4) is 0 Å². The van der Waals surface area contributed by atoms with Gasteiger partial charge in [-0.1, -0.05) is 72.8 Å². The van der Waals surface area contributed by atoms with Gasteiger partial charge in [0, 0.05) is 46.9 Å². The zero-order chi connectivity index (χ0) is 25.6. The molecule has 0 saturated heterocycles. The number of hydrogen-bond acceptors (Lipinski definition) is 8. The van der Waals surface area contributed by atoms with Gasteiger partial charge in [0.2, 0.25) is 0 Å². The fourth-order valence-electron chi connectivity index (χ4n) is 5.39. The summed E-state index contributed by atoms with van der Waals surface area (Å²) >= 11 is 0. The van der Waals surface area contributed by atoms with Crippen LogP contribution in [0.15, 0.2) is 92.8 Å². The molecule has 5 aromatic rings. The molecule has 0 spiro atoms. The standard InChI is InChI=1S/C26H18BN6O4P/c1-35-38(34,36-2)37-27-32-23-17-11-5-7-13-19(17)25(32)31-26-20-14-8-6-12-18(20)24(33(26)27)30-22-16-10-4-3-9-15(16)21(28-22)29-23/h3-14H,1-2H3. The van der Waals surface area contributed by atoms with E-state index >= 15 is 0 Å². The number of benzene rings is 3. The number of hydrogen-bond donors (Lipinski definition) is 0. The summed E-state index contributed by atoms with van der Waals surface area (Å²) in [6, 6.07) is 23.6. The first-order valence-corrected chi connectivity index (χ1v) is 13.4. The first kappa shape index (κ1) is 21.9. The lowest BCUT2D eigenvalue weighted by molar-refractivity contribution is 0.208. The summed E-state index contributed by atoms with van der Waals surface area (Å²) in [6.07, 6.45) is 0. The smallest absolute Gasteiger partial charge is 0.307 e. The Kier molecular flexibility index (Phi) is 4.43. The zero-order valence-electron chi connectivity index (χ0n) is 20.3. The van der Waals surface area contributed by atoms with Crippen molar-refractivity contribution in [2.24, 2.45) is 20.0 Å². The summed E-state index contributed by atoms with van der Waals surface area (Å²) in [7, 11) is -2.42. The topological polar surface area (TPSA) is 104 Å². The normalized spacial score (nSPS) is 15.2. The Bertz CT molecular complexity index is 2090. The molecule has 0 fully saturated rings. The number of amidine groups is 2. The highest BCUT2D eigenvalue weighted by atomic mass is 31.2. The molecule has 0 atom stereocenters. The summed E-state index contributed by atoms with van der Waals surface area (Å²) in [5.41, 5.74) is 2.93. The molecule has 0 saturated carbocycles. The molecule has 0 unspecified atom stereocenters. The average Bonchev–Trinajstić information content (AvgIpc) is 3.58. The first-order chi connectivity index (χ1) is 18.6. The lowest BCUT2D eigenvalue weighted by atomic mass is 10.00. The van der Waals surface area contributed by atoms with Crippen LogP contribution >= 0.6 is 7.82 Å². The van der Waals surface area contributed by atoms with Crippen LogP contribution in [0.5, 0.6) is 0 Å². The van der Waals surface area contributed by atoms with E-state index in [1.807, 2.05) is 81.8 Å². The Balaban J connectivity index is 1.63.